The molecule has 11 heteroatoms. The van der Waals surface area contributed by atoms with Crippen molar-refractivity contribution in [2.45, 2.75) is 39.2 Å². The third-order valence-electron chi connectivity index (χ3n) is 7.18. The van der Waals surface area contributed by atoms with Gasteiger partial charge < -0.3 is 19.6 Å². The van der Waals surface area contributed by atoms with E-state index in [1.807, 2.05) is 13.0 Å². The number of amides is 1. The Labute approximate surface area is 191 Å². The van der Waals surface area contributed by atoms with Gasteiger partial charge in [0.05, 0.1) is 33.8 Å². The van der Waals surface area contributed by atoms with Gasteiger partial charge in [-0.15, -0.1) is 5.10 Å². The third kappa shape index (κ3) is 3.80. The van der Waals surface area contributed by atoms with Gasteiger partial charge in [-0.25, -0.2) is 4.79 Å². The van der Waals surface area contributed by atoms with Gasteiger partial charge in [-0.3, -0.25) is 9.78 Å². The SMILES string of the molecule is CC1=C(N2CCC3(CCN(C[C@H](O)c4ccc(-n5cnnn5)c(C)n4)CC3)C2=O)COC1=O. The van der Waals surface area contributed by atoms with E-state index in [1.165, 1.54) is 11.0 Å². The van der Waals surface area contributed by atoms with E-state index in [9.17, 15) is 14.7 Å². The summed E-state index contributed by atoms with van der Waals surface area (Å²) in [5, 5.41) is 22.0. The number of cyclic esters (lactones) is 1. The molecule has 0 unspecified atom stereocenters. The summed E-state index contributed by atoms with van der Waals surface area (Å²) in [4.78, 5) is 33.5. The van der Waals surface area contributed by atoms with E-state index in [0.29, 0.717) is 30.1 Å². The molecule has 0 aromatic carbocycles. The number of piperidine rings is 1. The molecule has 3 aliphatic rings. The van der Waals surface area contributed by atoms with Crippen molar-refractivity contribution in [3.63, 3.8) is 0 Å². The molecule has 0 bridgehead atoms. The molecule has 2 saturated heterocycles. The van der Waals surface area contributed by atoms with Crippen LogP contribution in [0.3, 0.4) is 0 Å². The molecule has 0 saturated carbocycles. The first-order valence-electron chi connectivity index (χ1n) is 11.2. The van der Waals surface area contributed by atoms with Crippen molar-refractivity contribution in [2.75, 3.05) is 32.8 Å². The van der Waals surface area contributed by atoms with Gasteiger partial charge >= 0.3 is 5.97 Å². The van der Waals surface area contributed by atoms with Crippen LogP contribution in [-0.2, 0) is 14.3 Å². The molecular formula is C22H27N7O4. The number of carbonyl (C=O) groups excluding carboxylic acids is 2. The maximum Gasteiger partial charge on any atom is 0.336 e. The van der Waals surface area contributed by atoms with E-state index < -0.39 is 6.10 Å². The number of aromatic nitrogens is 5. The van der Waals surface area contributed by atoms with Gasteiger partial charge in [0, 0.05) is 13.1 Å². The number of hydrogen-bond donors (Lipinski definition) is 1. The average Bonchev–Trinajstić information content (AvgIpc) is 3.53. The first-order chi connectivity index (χ1) is 15.9. The van der Waals surface area contributed by atoms with Crippen molar-refractivity contribution >= 4 is 11.9 Å². The topological polar surface area (TPSA) is 127 Å². The number of esters is 1. The van der Waals surface area contributed by atoms with E-state index in [2.05, 4.69) is 25.4 Å². The number of aryl methyl sites for hydroxylation is 1. The number of tetrazole rings is 1. The largest absolute Gasteiger partial charge is 0.456 e. The maximum atomic E-state index is 13.3. The number of aliphatic hydroxyl groups excluding tert-OH is 1. The second kappa shape index (κ2) is 8.31. The van der Waals surface area contributed by atoms with Crippen LogP contribution in [0.25, 0.3) is 5.69 Å². The lowest BCUT2D eigenvalue weighted by Crippen LogP contribution is -2.45. The number of β-amino-alcohol motifs (C(OH)–C–C–N with tert-alkyl or cyclic N) is 1. The molecule has 0 aliphatic carbocycles. The number of carbonyl (C=O) groups is 2. The lowest BCUT2D eigenvalue weighted by Gasteiger charge is -2.38. The van der Waals surface area contributed by atoms with E-state index in [0.717, 1.165) is 43.7 Å². The smallest absolute Gasteiger partial charge is 0.336 e. The predicted octanol–water partition coefficient (Wildman–Crippen LogP) is 0.544. The lowest BCUT2D eigenvalue weighted by molar-refractivity contribution is -0.138. The number of hydrogen-bond acceptors (Lipinski definition) is 9. The Bertz CT molecular complexity index is 1110. The Kier molecular flexibility index (Phi) is 5.45. The summed E-state index contributed by atoms with van der Waals surface area (Å²) in [6.45, 7) is 6.30. The summed E-state index contributed by atoms with van der Waals surface area (Å²) in [6.07, 6.45) is 3.03. The summed E-state index contributed by atoms with van der Waals surface area (Å²) >= 11 is 0. The number of nitrogens with zero attached hydrogens (tertiary/aromatic N) is 7. The van der Waals surface area contributed by atoms with E-state index in [4.69, 9.17) is 4.74 Å². The average molecular weight is 454 g/mol. The van der Waals surface area contributed by atoms with Crippen LogP contribution in [0.1, 0.15) is 43.7 Å². The Morgan fingerprint density at radius 1 is 1.15 bits per heavy atom. The van der Waals surface area contributed by atoms with Crippen molar-refractivity contribution in [1.82, 2.24) is 35.0 Å². The summed E-state index contributed by atoms with van der Waals surface area (Å²) in [7, 11) is 0. The summed E-state index contributed by atoms with van der Waals surface area (Å²) < 4.78 is 6.63. The fraction of sp³-hybridized carbons (Fsp3) is 0.545. The van der Waals surface area contributed by atoms with Crippen molar-refractivity contribution in [3.8, 4) is 5.69 Å². The van der Waals surface area contributed by atoms with Crippen LogP contribution in [0.4, 0.5) is 0 Å². The summed E-state index contributed by atoms with van der Waals surface area (Å²) in [6, 6.07) is 3.64. The van der Waals surface area contributed by atoms with Gasteiger partial charge in [-0.1, -0.05) is 0 Å². The minimum Gasteiger partial charge on any atom is -0.456 e. The normalized spacial score (nSPS) is 21.8. The van der Waals surface area contributed by atoms with Crippen LogP contribution in [0.5, 0.6) is 0 Å². The highest BCUT2D eigenvalue weighted by atomic mass is 16.5. The number of ether oxygens (including phenoxy) is 1. The molecule has 174 valence electrons. The zero-order valence-electron chi connectivity index (χ0n) is 18.8. The molecule has 2 aromatic rings. The van der Waals surface area contributed by atoms with Crippen LogP contribution >= 0.6 is 0 Å². The Morgan fingerprint density at radius 2 is 1.91 bits per heavy atom. The van der Waals surface area contributed by atoms with Gasteiger partial charge in [0.2, 0.25) is 5.91 Å². The van der Waals surface area contributed by atoms with Gasteiger partial charge in [-0.05, 0) is 68.8 Å². The maximum absolute atomic E-state index is 13.3. The van der Waals surface area contributed by atoms with Crippen LogP contribution in [0.2, 0.25) is 0 Å². The van der Waals surface area contributed by atoms with Crippen LogP contribution in [0.15, 0.2) is 29.7 Å². The molecule has 11 nitrogen and oxygen atoms in total. The number of aliphatic hydroxyl groups is 1. The van der Waals surface area contributed by atoms with E-state index in [1.54, 1.807) is 17.9 Å². The Balaban J connectivity index is 1.20. The molecule has 33 heavy (non-hydrogen) atoms. The van der Waals surface area contributed by atoms with Gasteiger partial charge in [0.1, 0.15) is 19.0 Å². The molecule has 2 fully saturated rings. The number of likely N-dealkylation sites (tertiary alicyclic amines) is 2. The van der Waals surface area contributed by atoms with Crippen molar-refractivity contribution in [1.29, 1.82) is 0 Å². The second-order valence-electron chi connectivity index (χ2n) is 9.05. The van der Waals surface area contributed by atoms with Gasteiger partial charge in [0.25, 0.3) is 0 Å². The first-order valence-corrected chi connectivity index (χ1v) is 11.2. The molecular weight excluding hydrogens is 426 g/mol. The summed E-state index contributed by atoms with van der Waals surface area (Å²) in [5.41, 5.74) is 2.96. The fourth-order valence-corrected chi connectivity index (χ4v) is 5.06. The third-order valence-corrected chi connectivity index (χ3v) is 7.18. The molecule has 2 aromatic heterocycles. The zero-order chi connectivity index (χ0) is 23.2. The molecule has 1 atom stereocenters. The van der Waals surface area contributed by atoms with Crippen LogP contribution in [0, 0.1) is 12.3 Å². The molecule has 1 spiro atoms. The highest BCUT2D eigenvalue weighted by Crippen LogP contribution is 2.43. The monoisotopic (exact) mass is 453 g/mol. The second-order valence-corrected chi connectivity index (χ2v) is 9.05. The van der Waals surface area contributed by atoms with Crippen molar-refractivity contribution in [3.05, 3.63) is 41.1 Å². The Morgan fingerprint density at radius 3 is 2.55 bits per heavy atom. The minimum absolute atomic E-state index is 0.103. The zero-order valence-corrected chi connectivity index (χ0v) is 18.8. The lowest BCUT2D eigenvalue weighted by atomic mass is 9.77. The fourth-order valence-electron chi connectivity index (χ4n) is 5.06. The highest BCUT2D eigenvalue weighted by Gasteiger charge is 2.50. The number of pyridine rings is 1. The first kappa shape index (κ1) is 21.7. The Hall–Kier alpha value is -3.18. The van der Waals surface area contributed by atoms with E-state index in [-0.39, 0.29) is 23.9 Å². The quantitative estimate of drug-likeness (QED) is 0.646. The molecule has 5 heterocycles. The van der Waals surface area contributed by atoms with Gasteiger partial charge in [0.15, 0.2) is 0 Å². The van der Waals surface area contributed by atoms with E-state index >= 15 is 0 Å². The molecule has 0 radical (unpaired) electrons. The highest BCUT2D eigenvalue weighted by molar-refractivity contribution is 5.94. The van der Waals surface area contributed by atoms with Crippen LogP contribution in [-0.4, -0.2) is 84.8 Å². The van der Waals surface area contributed by atoms with Gasteiger partial charge in [-0.2, -0.15) is 4.68 Å². The molecule has 1 N–H and O–H groups in total. The summed E-state index contributed by atoms with van der Waals surface area (Å²) in [5.74, 6) is -0.233. The molecule has 5 rings (SSSR count). The molecule has 3 aliphatic heterocycles. The van der Waals surface area contributed by atoms with Crippen LogP contribution < -0.4 is 0 Å². The number of rotatable bonds is 5. The predicted molar refractivity (Wildman–Crippen MR) is 115 cm³/mol. The van der Waals surface area contributed by atoms with Crippen molar-refractivity contribution in [2.24, 2.45) is 5.41 Å². The van der Waals surface area contributed by atoms with Crippen molar-refractivity contribution < 1.29 is 19.4 Å². The minimum atomic E-state index is -0.731. The standard InChI is InChI=1S/C22H27N7O4/c1-14-18(12-33-20(14)31)28-10-7-22(21(28)32)5-8-27(9-6-22)11-19(30)16-3-4-17(15(2)24-16)29-13-23-25-26-29/h3-4,13,19,30H,5-12H2,1-2H3/t19-/m0/s1. The molecule has 1 amide bonds.